The first kappa shape index (κ1) is 12.5. The summed E-state index contributed by atoms with van der Waals surface area (Å²) in [4.78, 5) is 4.37. The van der Waals surface area contributed by atoms with Crippen molar-refractivity contribution in [2.24, 2.45) is 7.05 Å². The first-order valence-corrected chi connectivity index (χ1v) is 6.79. The number of hydrogen-bond donors (Lipinski definition) is 1. The molecule has 0 aliphatic carbocycles. The number of halogens is 2. The van der Waals surface area contributed by atoms with E-state index in [0.717, 1.165) is 27.0 Å². The normalized spacial score (nSPS) is 11.4. The largest absolute Gasteiger partial charge is 0.369 e. The third-order valence-corrected chi connectivity index (χ3v) is 4.20. The van der Waals surface area contributed by atoms with Crippen molar-refractivity contribution < 1.29 is 0 Å². The fraction of sp³-hybridized carbons (Fsp3) is 0.167. The van der Waals surface area contributed by atoms with Crippen molar-refractivity contribution in [2.45, 2.75) is 6.92 Å². The predicted octanol–water partition coefficient (Wildman–Crippen LogP) is 3.07. The second-order valence-corrected chi connectivity index (χ2v) is 5.55. The lowest BCUT2D eigenvalue weighted by Crippen LogP contribution is -2.04. The Morgan fingerprint density at radius 2 is 2.11 bits per heavy atom. The number of nitrogens with zero attached hydrogens (tertiary/aromatic N) is 4. The van der Waals surface area contributed by atoms with Crippen molar-refractivity contribution in [3.05, 3.63) is 33.4 Å². The van der Waals surface area contributed by atoms with Gasteiger partial charge in [-0.3, -0.25) is 4.57 Å². The number of imidazole rings is 1. The molecule has 19 heavy (non-hydrogen) atoms. The second kappa shape index (κ2) is 4.25. The molecule has 5 nitrogen and oxygen atoms in total. The molecular weight excluding hydrogens is 330 g/mol. The Balaban J connectivity index is 2.35. The maximum Gasteiger partial charge on any atom is 0.207 e. The molecule has 2 aromatic heterocycles. The van der Waals surface area contributed by atoms with E-state index in [0.29, 0.717) is 11.0 Å². The summed E-state index contributed by atoms with van der Waals surface area (Å²) < 4.78 is 4.44. The van der Waals surface area contributed by atoms with E-state index in [9.17, 15) is 0 Å². The summed E-state index contributed by atoms with van der Waals surface area (Å²) in [5, 5.41) is 5.01. The lowest BCUT2D eigenvalue weighted by atomic mass is 10.3. The zero-order valence-corrected chi connectivity index (χ0v) is 12.7. The van der Waals surface area contributed by atoms with Crippen LogP contribution in [0, 0.1) is 6.92 Å². The Morgan fingerprint density at radius 1 is 1.37 bits per heavy atom. The van der Waals surface area contributed by atoms with Crippen LogP contribution in [0.2, 0.25) is 5.02 Å². The number of nitrogen functional groups attached to an aromatic ring is 1. The van der Waals surface area contributed by atoms with Gasteiger partial charge in [0, 0.05) is 11.5 Å². The van der Waals surface area contributed by atoms with Crippen LogP contribution in [-0.2, 0) is 7.05 Å². The van der Waals surface area contributed by atoms with Gasteiger partial charge in [0.2, 0.25) is 5.95 Å². The molecule has 0 bridgehead atoms. The molecule has 0 unspecified atom stereocenters. The van der Waals surface area contributed by atoms with E-state index >= 15 is 0 Å². The van der Waals surface area contributed by atoms with Crippen molar-refractivity contribution in [3.8, 4) is 5.69 Å². The highest BCUT2D eigenvalue weighted by molar-refractivity contribution is 9.10. The predicted molar refractivity (Wildman–Crippen MR) is 79.7 cm³/mol. The van der Waals surface area contributed by atoms with Gasteiger partial charge in [0.25, 0.3) is 0 Å². The molecule has 0 atom stereocenters. The number of hydrogen-bond acceptors (Lipinski definition) is 3. The number of rotatable bonds is 1. The van der Waals surface area contributed by atoms with Gasteiger partial charge in [0.05, 0.1) is 16.4 Å². The fourth-order valence-corrected chi connectivity index (χ4v) is 2.65. The molecule has 2 heterocycles. The lowest BCUT2D eigenvalue weighted by Gasteiger charge is -2.08. The molecule has 98 valence electrons. The van der Waals surface area contributed by atoms with E-state index < -0.39 is 0 Å². The molecule has 0 amide bonds. The van der Waals surface area contributed by atoms with Crippen LogP contribution < -0.4 is 5.73 Å². The summed E-state index contributed by atoms with van der Waals surface area (Å²) in [5.41, 5.74) is 9.44. The molecule has 0 aliphatic rings. The van der Waals surface area contributed by atoms with Gasteiger partial charge in [-0.25, -0.2) is 9.67 Å². The highest BCUT2D eigenvalue weighted by Gasteiger charge is 2.17. The van der Waals surface area contributed by atoms with E-state index in [1.807, 2.05) is 36.7 Å². The number of aryl methyl sites for hydroxylation is 2. The molecule has 0 saturated carbocycles. The number of nitrogens with two attached hydrogens (primary N) is 1. The van der Waals surface area contributed by atoms with Gasteiger partial charge in [-0.2, -0.15) is 5.10 Å². The molecule has 0 aliphatic heterocycles. The van der Waals surface area contributed by atoms with Crippen LogP contribution in [-0.4, -0.2) is 19.3 Å². The van der Waals surface area contributed by atoms with Gasteiger partial charge in [0.15, 0.2) is 5.65 Å². The minimum Gasteiger partial charge on any atom is -0.369 e. The van der Waals surface area contributed by atoms with Gasteiger partial charge in [-0.1, -0.05) is 11.6 Å². The van der Waals surface area contributed by atoms with Crippen LogP contribution in [0.25, 0.3) is 16.9 Å². The molecule has 2 N–H and O–H groups in total. The molecular formula is C12H11BrClN5. The first-order valence-electron chi connectivity index (χ1n) is 5.62. The van der Waals surface area contributed by atoms with Crippen LogP contribution in [0.5, 0.6) is 0 Å². The molecule has 0 spiro atoms. The Kier molecular flexibility index (Phi) is 2.79. The molecule has 3 aromatic rings. The van der Waals surface area contributed by atoms with E-state index in [2.05, 4.69) is 26.0 Å². The van der Waals surface area contributed by atoms with Crippen molar-refractivity contribution in [1.29, 1.82) is 0 Å². The van der Waals surface area contributed by atoms with Crippen molar-refractivity contribution in [2.75, 3.05) is 5.73 Å². The SMILES string of the molecule is Cc1nn(C)c2c1nc(N)n2-c1ccc(Cl)c(Br)c1. The van der Waals surface area contributed by atoms with E-state index in [4.69, 9.17) is 17.3 Å². The van der Waals surface area contributed by atoms with E-state index in [1.165, 1.54) is 0 Å². The van der Waals surface area contributed by atoms with Crippen LogP contribution in [0.4, 0.5) is 5.95 Å². The van der Waals surface area contributed by atoms with Crippen LogP contribution >= 0.6 is 27.5 Å². The average Bonchev–Trinajstić information content (AvgIpc) is 2.82. The van der Waals surface area contributed by atoms with Crippen molar-refractivity contribution in [3.63, 3.8) is 0 Å². The third kappa shape index (κ3) is 1.82. The zero-order chi connectivity index (χ0) is 13.7. The number of fused-ring (bicyclic) bond motifs is 1. The summed E-state index contributed by atoms with van der Waals surface area (Å²) in [7, 11) is 1.87. The minimum absolute atomic E-state index is 0.431. The average molecular weight is 341 g/mol. The smallest absolute Gasteiger partial charge is 0.207 e. The Bertz CT molecular complexity index is 789. The monoisotopic (exact) mass is 339 g/mol. The molecule has 0 fully saturated rings. The molecule has 3 rings (SSSR count). The lowest BCUT2D eigenvalue weighted by molar-refractivity contribution is 0.762. The quantitative estimate of drug-likeness (QED) is 0.740. The first-order chi connectivity index (χ1) is 8.99. The number of benzene rings is 1. The summed E-state index contributed by atoms with van der Waals surface area (Å²) in [6, 6.07) is 5.62. The molecule has 0 saturated heterocycles. The Hall–Kier alpha value is -1.53. The molecule has 1 aromatic carbocycles. The topological polar surface area (TPSA) is 61.7 Å². The van der Waals surface area contributed by atoms with Crippen LogP contribution in [0.1, 0.15) is 5.69 Å². The third-order valence-electron chi connectivity index (χ3n) is 2.99. The molecule has 0 radical (unpaired) electrons. The van der Waals surface area contributed by atoms with E-state index in [-0.39, 0.29) is 0 Å². The Labute approximate surface area is 123 Å². The van der Waals surface area contributed by atoms with E-state index in [1.54, 1.807) is 4.68 Å². The van der Waals surface area contributed by atoms with Crippen molar-refractivity contribution >= 4 is 44.6 Å². The maximum absolute atomic E-state index is 6.02. The highest BCUT2D eigenvalue weighted by atomic mass is 79.9. The van der Waals surface area contributed by atoms with Crippen molar-refractivity contribution in [1.82, 2.24) is 19.3 Å². The van der Waals surface area contributed by atoms with Gasteiger partial charge >= 0.3 is 0 Å². The van der Waals surface area contributed by atoms with Gasteiger partial charge < -0.3 is 5.73 Å². The highest BCUT2D eigenvalue weighted by Crippen LogP contribution is 2.29. The second-order valence-electron chi connectivity index (χ2n) is 4.29. The van der Waals surface area contributed by atoms with Crippen LogP contribution in [0.15, 0.2) is 22.7 Å². The standard InChI is InChI=1S/C12H11BrClN5/c1-6-10-11(18(2)17-6)19(12(15)16-10)7-3-4-9(14)8(13)5-7/h3-5H,1-2H3,(H2,15,16). The van der Waals surface area contributed by atoms with Crippen LogP contribution in [0.3, 0.4) is 0 Å². The van der Waals surface area contributed by atoms with Gasteiger partial charge in [0.1, 0.15) is 5.52 Å². The van der Waals surface area contributed by atoms with Gasteiger partial charge in [-0.15, -0.1) is 0 Å². The number of anilines is 1. The number of aromatic nitrogens is 4. The summed E-state index contributed by atoms with van der Waals surface area (Å²) in [6.07, 6.45) is 0. The Morgan fingerprint density at radius 3 is 2.79 bits per heavy atom. The fourth-order valence-electron chi connectivity index (χ4n) is 2.17. The summed E-state index contributed by atoms with van der Waals surface area (Å²) in [5.74, 6) is 0.431. The summed E-state index contributed by atoms with van der Waals surface area (Å²) in [6.45, 7) is 1.91. The maximum atomic E-state index is 6.02. The molecule has 7 heteroatoms. The summed E-state index contributed by atoms with van der Waals surface area (Å²) >= 11 is 9.43. The minimum atomic E-state index is 0.431. The zero-order valence-electron chi connectivity index (χ0n) is 10.4. The van der Waals surface area contributed by atoms with Gasteiger partial charge in [-0.05, 0) is 41.1 Å².